The van der Waals surface area contributed by atoms with E-state index in [1.165, 1.54) is 18.2 Å². The summed E-state index contributed by atoms with van der Waals surface area (Å²) in [5.74, 6) is -3.16. The Balaban J connectivity index is 2.53. The molecule has 82 valence electrons. The summed E-state index contributed by atoms with van der Waals surface area (Å²) in [6, 6.07) is 4.14. The molecule has 1 aromatic rings. The molecule has 1 N–H and O–H groups in total. The zero-order valence-corrected chi connectivity index (χ0v) is 8.89. The van der Waals surface area contributed by atoms with Gasteiger partial charge in [-0.25, -0.2) is 0 Å². The van der Waals surface area contributed by atoms with Crippen molar-refractivity contribution in [1.29, 1.82) is 0 Å². The van der Waals surface area contributed by atoms with E-state index in [4.69, 9.17) is 0 Å². The molecule has 0 amide bonds. The first-order chi connectivity index (χ1) is 6.84. The van der Waals surface area contributed by atoms with Gasteiger partial charge in [0.2, 0.25) is 0 Å². The molecule has 1 aromatic carbocycles. The summed E-state index contributed by atoms with van der Waals surface area (Å²) < 4.78 is 42.7. The quantitative estimate of drug-likeness (QED) is 0.793. The van der Waals surface area contributed by atoms with Gasteiger partial charge < -0.3 is 9.84 Å². The highest BCUT2D eigenvalue weighted by Gasteiger charge is 2.60. The molecule has 0 saturated heterocycles. The summed E-state index contributed by atoms with van der Waals surface area (Å²) in [6.45, 7) is -0.245. The molecule has 0 aliphatic carbocycles. The van der Waals surface area contributed by atoms with Crippen molar-refractivity contribution in [3.63, 3.8) is 0 Å². The summed E-state index contributed by atoms with van der Waals surface area (Å²) >= 11 is 3.13. The van der Waals surface area contributed by atoms with Crippen molar-refractivity contribution >= 4 is 15.9 Å². The molecule has 1 aliphatic rings. The van der Waals surface area contributed by atoms with Crippen LogP contribution < -0.4 is 0 Å². The number of fused-ring (bicyclic) bond motifs is 1. The molecular formula is C9H6BrF3O2. The van der Waals surface area contributed by atoms with Crippen LogP contribution in [0.15, 0.2) is 22.7 Å². The van der Waals surface area contributed by atoms with Crippen molar-refractivity contribution in [1.82, 2.24) is 0 Å². The first-order valence-electron chi connectivity index (χ1n) is 4.06. The van der Waals surface area contributed by atoms with Gasteiger partial charge in [-0.15, -0.1) is 0 Å². The largest absolute Gasteiger partial charge is 0.448 e. The van der Waals surface area contributed by atoms with E-state index >= 15 is 0 Å². The van der Waals surface area contributed by atoms with Gasteiger partial charge in [0.1, 0.15) is 0 Å². The SMILES string of the molecule is OC1(C(F)(F)F)OCc2cc(Br)ccc21. The van der Waals surface area contributed by atoms with Crippen molar-refractivity contribution in [3.8, 4) is 0 Å². The van der Waals surface area contributed by atoms with Gasteiger partial charge in [-0.05, 0) is 17.7 Å². The number of benzene rings is 1. The van der Waals surface area contributed by atoms with Crippen LogP contribution in [0.4, 0.5) is 13.2 Å². The Morgan fingerprint density at radius 3 is 2.67 bits per heavy atom. The van der Waals surface area contributed by atoms with Crippen LogP contribution in [0.2, 0.25) is 0 Å². The third-order valence-corrected chi connectivity index (χ3v) is 2.75. The molecule has 0 bridgehead atoms. The number of rotatable bonds is 0. The van der Waals surface area contributed by atoms with E-state index in [2.05, 4.69) is 20.7 Å². The molecule has 15 heavy (non-hydrogen) atoms. The molecule has 0 aromatic heterocycles. The number of ether oxygens (including phenoxy) is 1. The summed E-state index contributed by atoms with van der Waals surface area (Å²) in [7, 11) is 0. The highest BCUT2D eigenvalue weighted by atomic mass is 79.9. The highest BCUT2D eigenvalue weighted by molar-refractivity contribution is 9.10. The van der Waals surface area contributed by atoms with Gasteiger partial charge in [0.05, 0.1) is 6.61 Å². The predicted octanol–water partition coefficient (Wildman–Crippen LogP) is 2.69. The summed E-state index contributed by atoms with van der Waals surface area (Å²) in [5, 5.41) is 9.41. The Kier molecular flexibility index (Phi) is 2.33. The highest BCUT2D eigenvalue weighted by Crippen LogP contribution is 2.46. The summed E-state index contributed by atoms with van der Waals surface area (Å²) in [4.78, 5) is 0. The standard InChI is InChI=1S/C9H6BrF3O2/c10-6-1-2-7-5(3-6)4-15-8(7,14)9(11,12)13/h1-3,14H,4H2. The van der Waals surface area contributed by atoms with Gasteiger partial charge in [0.25, 0.3) is 5.79 Å². The smallest absolute Gasteiger partial charge is 0.355 e. The van der Waals surface area contributed by atoms with E-state index < -0.39 is 12.0 Å². The third-order valence-electron chi connectivity index (χ3n) is 2.25. The number of hydrogen-bond acceptors (Lipinski definition) is 2. The fourth-order valence-electron chi connectivity index (χ4n) is 1.51. The van der Waals surface area contributed by atoms with Crippen molar-refractivity contribution in [2.45, 2.75) is 18.6 Å². The minimum absolute atomic E-state index is 0.238. The molecule has 0 saturated carbocycles. The molecule has 1 atom stereocenters. The maximum Gasteiger partial charge on any atom is 0.448 e. The van der Waals surface area contributed by atoms with E-state index in [0.29, 0.717) is 10.0 Å². The zero-order valence-electron chi connectivity index (χ0n) is 7.31. The van der Waals surface area contributed by atoms with E-state index in [9.17, 15) is 18.3 Å². The molecular weight excluding hydrogens is 277 g/mol. The minimum Gasteiger partial charge on any atom is -0.355 e. The van der Waals surface area contributed by atoms with Gasteiger partial charge in [0.15, 0.2) is 0 Å². The maximum absolute atomic E-state index is 12.5. The van der Waals surface area contributed by atoms with Crippen LogP contribution in [-0.2, 0) is 17.1 Å². The minimum atomic E-state index is -4.83. The van der Waals surface area contributed by atoms with Gasteiger partial charge in [0, 0.05) is 10.0 Å². The molecule has 1 heterocycles. The Bertz CT molecular complexity index is 405. The van der Waals surface area contributed by atoms with Crippen LogP contribution in [0.1, 0.15) is 11.1 Å². The second-order valence-electron chi connectivity index (χ2n) is 3.23. The van der Waals surface area contributed by atoms with Gasteiger partial charge in [-0.2, -0.15) is 13.2 Å². The Morgan fingerprint density at radius 1 is 1.40 bits per heavy atom. The number of halogens is 4. The first-order valence-corrected chi connectivity index (χ1v) is 4.86. The number of alkyl halides is 3. The van der Waals surface area contributed by atoms with E-state index in [1.807, 2.05) is 0 Å². The van der Waals surface area contributed by atoms with Crippen LogP contribution in [0.25, 0.3) is 0 Å². The Morgan fingerprint density at radius 2 is 2.07 bits per heavy atom. The van der Waals surface area contributed by atoms with Crippen LogP contribution >= 0.6 is 15.9 Å². The zero-order chi connectivity index (χ0) is 11.3. The van der Waals surface area contributed by atoms with Crippen molar-refractivity contribution in [3.05, 3.63) is 33.8 Å². The summed E-state index contributed by atoms with van der Waals surface area (Å²) in [6.07, 6.45) is -4.83. The molecule has 1 aliphatic heterocycles. The van der Waals surface area contributed by atoms with Crippen LogP contribution in [0.3, 0.4) is 0 Å². The lowest BCUT2D eigenvalue weighted by Crippen LogP contribution is -2.41. The van der Waals surface area contributed by atoms with E-state index in [1.54, 1.807) is 0 Å². The third kappa shape index (κ3) is 1.56. The van der Waals surface area contributed by atoms with Gasteiger partial charge in [-0.1, -0.05) is 22.0 Å². The van der Waals surface area contributed by atoms with E-state index in [0.717, 1.165) is 0 Å². The Hall–Kier alpha value is -0.590. The molecule has 0 spiro atoms. The lowest BCUT2D eigenvalue weighted by Gasteiger charge is -2.25. The average molecular weight is 283 g/mol. The number of hydrogen-bond donors (Lipinski definition) is 1. The van der Waals surface area contributed by atoms with Crippen LogP contribution in [-0.4, -0.2) is 11.3 Å². The monoisotopic (exact) mass is 282 g/mol. The normalized spacial score (nSPS) is 25.4. The molecule has 2 rings (SSSR count). The lowest BCUT2D eigenvalue weighted by atomic mass is 10.0. The molecule has 0 radical (unpaired) electrons. The van der Waals surface area contributed by atoms with Crippen LogP contribution in [0, 0.1) is 0 Å². The van der Waals surface area contributed by atoms with Gasteiger partial charge >= 0.3 is 6.18 Å². The topological polar surface area (TPSA) is 29.5 Å². The average Bonchev–Trinajstić information content (AvgIpc) is 2.43. The van der Waals surface area contributed by atoms with Gasteiger partial charge in [-0.3, -0.25) is 0 Å². The van der Waals surface area contributed by atoms with Crippen molar-refractivity contribution < 1.29 is 23.0 Å². The maximum atomic E-state index is 12.5. The predicted molar refractivity (Wildman–Crippen MR) is 48.9 cm³/mol. The molecule has 1 unspecified atom stereocenters. The second kappa shape index (κ2) is 3.20. The fourth-order valence-corrected chi connectivity index (χ4v) is 1.92. The van der Waals surface area contributed by atoms with Crippen molar-refractivity contribution in [2.24, 2.45) is 0 Å². The molecule has 0 fully saturated rings. The molecule has 2 nitrogen and oxygen atoms in total. The van der Waals surface area contributed by atoms with Crippen molar-refractivity contribution in [2.75, 3.05) is 0 Å². The second-order valence-corrected chi connectivity index (χ2v) is 4.15. The fraction of sp³-hybridized carbons (Fsp3) is 0.333. The van der Waals surface area contributed by atoms with E-state index in [-0.39, 0.29) is 12.2 Å². The summed E-state index contributed by atoms with van der Waals surface area (Å²) in [5.41, 5.74) is 0.0994. The Labute approximate surface area is 91.8 Å². The first kappa shape index (κ1) is 10.9. The lowest BCUT2D eigenvalue weighted by molar-refractivity contribution is -0.370. The molecule has 6 heteroatoms. The number of aliphatic hydroxyl groups is 1. The van der Waals surface area contributed by atoms with Crippen LogP contribution in [0.5, 0.6) is 0 Å².